The van der Waals surface area contributed by atoms with Crippen molar-refractivity contribution in [3.05, 3.63) is 76.9 Å². The van der Waals surface area contributed by atoms with E-state index < -0.39 is 6.04 Å². The third kappa shape index (κ3) is 6.23. The van der Waals surface area contributed by atoms with Gasteiger partial charge in [-0.1, -0.05) is 6.07 Å². The van der Waals surface area contributed by atoms with Crippen molar-refractivity contribution in [2.45, 2.75) is 39.9 Å². The number of aryl methyl sites for hydroxylation is 2. The summed E-state index contributed by atoms with van der Waals surface area (Å²) in [4.78, 5) is 26.7. The molecule has 0 spiro atoms. The highest BCUT2D eigenvalue weighted by molar-refractivity contribution is 6.04. The number of anilines is 2. The average Bonchev–Trinajstić information content (AvgIpc) is 3.34. The Bertz CT molecular complexity index is 1480. The number of fused-ring (bicyclic) bond motifs is 1. The van der Waals surface area contributed by atoms with Gasteiger partial charge in [-0.25, -0.2) is 14.4 Å². The molecule has 9 nitrogen and oxygen atoms in total. The number of hydrogen-bond acceptors (Lipinski definition) is 7. The fraction of sp³-hybridized carbons (Fsp3) is 0.379. The molecule has 0 saturated carbocycles. The Kier molecular flexibility index (Phi) is 7.85. The minimum atomic E-state index is -0.419. The Balaban J connectivity index is 1.25. The van der Waals surface area contributed by atoms with E-state index in [2.05, 4.69) is 42.5 Å². The number of aromatic nitrogens is 4. The Morgan fingerprint density at radius 2 is 1.92 bits per heavy atom. The molecule has 1 aliphatic heterocycles. The third-order valence-electron chi connectivity index (χ3n) is 7.28. The van der Waals surface area contributed by atoms with Gasteiger partial charge in [0, 0.05) is 56.1 Å². The van der Waals surface area contributed by atoms with Crippen molar-refractivity contribution in [3.63, 3.8) is 0 Å². The Morgan fingerprint density at radius 3 is 2.67 bits per heavy atom. The first-order valence-electron chi connectivity index (χ1n) is 13.4. The van der Waals surface area contributed by atoms with Crippen molar-refractivity contribution in [1.29, 1.82) is 0 Å². The van der Waals surface area contributed by atoms with Gasteiger partial charge in [0.05, 0.1) is 18.4 Å². The maximum atomic E-state index is 14.8. The maximum absolute atomic E-state index is 14.8. The molecule has 2 N–H and O–H groups in total. The first-order valence-corrected chi connectivity index (χ1v) is 13.4. The molecule has 5 rings (SSSR count). The fourth-order valence-corrected chi connectivity index (χ4v) is 4.79. The van der Waals surface area contributed by atoms with Crippen molar-refractivity contribution in [1.82, 2.24) is 29.5 Å². The number of halogens is 1. The summed E-state index contributed by atoms with van der Waals surface area (Å²) < 4.78 is 16.6. The molecule has 10 heteroatoms. The number of piperazine rings is 1. The van der Waals surface area contributed by atoms with Gasteiger partial charge in [0.15, 0.2) is 0 Å². The van der Waals surface area contributed by atoms with Gasteiger partial charge in [-0.2, -0.15) is 5.10 Å². The Labute approximate surface area is 228 Å². The Morgan fingerprint density at radius 1 is 1.13 bits per heavy atom. The summed E-state index contributed by atoms with van der Waals surface area (Å²) >= 11 is 0. The smallest absolute Gasteiger partial charge is 0.255 e. The lowest BCUT2D eigenvalue weighted by molar-refractivity contribution is 0.102. The van der Waals surface area contributed by atoms with E-state index in [-0.39, 0.29) is 11.7 Å². The second-order valence-corrected chi connectivity index (χ2v) is 10.2. The van der Waals surface area contributed by atoms with Crippen LogP contribution in [-0.2, 0) is 13.1 Å². The number of carbonyl (C=O) groups is 1. The van der Waals surface area contributed by atoms with E-state index in [0.29, 0.717) is 33.8 Å². The molecular formula is C29H35FN8O. The van der Waals surface area contributed by atoms with E-state index in [1.165, 1.54) is 11.6 Å². The maximum Gasteiger partial charge on any atom is 0.255 e. The average molecular weight is 531 g/mol. The molecule has 1 atom stereocenters. The van der Waals surface area contributed by atoms with Gasteiger partial charge in [0.25, 0.3) is 5.91 Å². The number of hydrogen-bond donors (Lipinski definition) is 2. The second kappa shape index (κ2) is 11.5. The van der Waals surface area contributed by atoms with Gasteiger partial charge >= 0.3 is 0 Å². The summed E-state index contributed by atoms with van der Waals surface area (Å²) in [5, 5.41) is 10.5. The molecule has 1 fully saturated rings. The highest BCUT2D eigenvalue weighted by Crippen LogP contribution is 2.25. The van der Waals surface area contributed by atoms with Crippen LogP contribution in [0, 0.1) is 12.7 Å². The topological polar surface area (TPSA) is 91.2 Å². The van der Waals surface area contributed by atoms with Crippen LogP contribution in [0.3, 0.4) is 0 Å². The van der Waals surface area contributed by atoms with Crippen LogP contribution in [0.4, 0.5) is 15.9 Å². The first kappa shape index (κ1) is 26.7. The molecule has 0 bridgehead atoms. The molecular weight excluding hydrogens is 495 g/mol. The summed E-state index contributed by atoms with van der Waals surface area (Å²) in [6, 6.07) is 9.98. The van der Waals surface area contributed by atoms with E-state index in [1.54, 1.807) is 23.0 Å². The number of carbonyl (C=O) groups excluding carboxylic acids is 1. The van der Waals surface area contributed by atoms with Crippen LogP contribution in [-0.4, -0.2) is 68.7 Å². The molecule has 204 valence electrons. The normalized spacial score (nSPS) is 15.4. The zero-order chi connectivity index (χ0) is 27.5. The lowest BCUT2D eigenvalue weighted by atomic mass is 10.0. The minimum absolute atomic E-state index is 0.231. The number of nitrogens with one attached hydrogen (secondary N) is 2. The molecule has 4 aromatic rings. The number of amides is 1. The van der Waals surface area contributed by atoms with Gasteiger partial charge in [-0.05, 0) is 69.3 Å². The molecule has 1 amide bonds. The highest BCUT2D eigenvalue weighted by atomic mass is 19.1. The molecule has 1 aliphatic rings. The summed E-state index contributed by atoms with van der Waals surface area (Å²) in [5.74, 6) is -0.107. The van der Waals surface area contributed by atoms with Crippen LogP contribution in [0.15, 0.2) is 48.8 Å². The van der Waals surface area contributed by atoms with E-state index in [9.17, 15) is 9.18 Å². The van der Waals surface area contributed by atoms with Crippen molar-refractivity contribution >= 4 is 28.6 Å². The summed E-state index contributed by atoms with van der Waals surface area (Å²) in [6.07, 6.45) is 3.45. The first-order chi connectivity index (χ1) is 18.8. The lowest BCUT2D eigenvalue weighted by Gasteiger charge is -2.32. The van der Waals surface area contributed by atoms with Gasteiger partial charge in [0.1, 0.15) is 17.2 Å². The van der Waals surface area contributed by atoms with Crippen LogP contribution >= 0.6 is 0 Å². The van der Waals surface area contributed by atoms with Crippen molar-refractivity contribution in [3.8, 4) is 0 Å². The van der Waals surface area contributed by atoms with Crippen molar-refractivity contribution in [2.24, 2.45) is 0 Å². The predicted molar refractivity (Wildman–Crippen MR) is 151 cm³/mol. The molecule has 2 aromatic heterocycles. The van der Waals surface area contributed by atoms with Gasteiger partial charge in [-0.15, -0.1) is 0 Å². The quantitative estimate of drug-likeness (QED) is 0.347. The second-order valence-electron chi connectivity index (χ2n) is 10.2. The van der Waals surface area contributed by atoms with Gasteiger partial charge in [-0.3, -0.25) is 14.4 Å². The minimum Gasteiger partial charge on any atom is -0.362 e. The van der Waals surface area contributed by atoms with E-state index >= 15 is 0 Å². The van der Waals surface area contributed by atoms with E-state index in [4.69, 9.17) is 0 Å². The molecule has 1 saturated heterocycles. The number of nitrogens with zero attached hydrogens (tertiary/aromatic N) is 6. The summed E-state index contributed by atoms with van der Waals surface area (Å²) in [6.45, 7) is 11.7. The zero-order valence-electron chi connectivity index (χ0n) is 22.9. The van der Waals surface area contributed by atoms with Gasteiger partial charge < -0.3 is 15.5 Å². The number of benzene rings is 2. The van der Waals surface area contributed by atoms with Crippen molar-refractivity contribution < 1.29 is 9.18 Å². The molecule has 0 aliphatic carbocycles. The third-order valence-corrected chi connectivity index (χ3v) is 7.28. The molecule has 0 radical (unpaired) electrons. The lowest BCUT2D eigenvalue weighted by Crippen LogP contribution is -2.43. The van der Waals surface area contributed by atoms with Crippen LogP contribution in [0.2, 0.25) is 0 Å². The van der Waals surface area contributed by atoms with Crippen LogP contribution in [0.5, 0.6) is 0 Å². The standard InChI is InChI=1S/C29H35FN8O/c1-5-38-18-26-28(35-38)34-27(16-31-26)32-20(3)24-15-23(8-9-25(24)30)33-29(39)21-6-7-22(19(2)14-21)17-37-12-10-36(4)11-13-37/h6-9,14-16,18,20H,5,10-13,17H2,1-4H3,(H,33,39)(H,32,34,35)/t20-/m0/s1. The largest absolute Gasteiger partial charge is 0.362 e. The van der Waals surface area contributed by atoms with Crippen LogP contribution in [0.1, 0.15) is 46.9 Å². The van der Waals surface area contributed by atoms with Gasteiger partial charge in [0.2, 0.25) is 5.65 Å². The number of likely N-dealkylation sites (N-methyl/N-ethyl adjacent to an activating group) is 1. The molecule has 3 heterocycles. The van der Waals surface area contributed by atoms with Crippen LogP contribution in [0.25, 0.3) is 11.2 Å². The SMILES string of the molecule is CCn1cc2ncc(N[C@@H](C)c3cc(NC(=O)c4ccc(CN5CCN(C)CC5)c(C)c4)ccc3F)nc2n1. The molecule has 2 aromatic carbocycles. The summed E-state index contributed by atoms with van der Waals surface area (Å²) in [5.41, 5.74) is 5.04. The zero-order valence-corrected chi connectivity index (χ0v) is 22.9. The predicted octanol–water partition coefficient (Wildman–Crippen LogP) is 4.47. The Hall–Kier alpha value is -3.89. The highest BCUT2D eigenvalue weighted by Gasteiger charge is 2.17. The van der Waals surface area contributed by atoms with Crippen molar-refractivity contribution in [2.75, 3.05) is 43.9 Å². The number of rotatable bonds is 8. The summed E-state index contributed by atoms with van der Waals surface area (Å²) in [7, 11) is 2.15. The van der Waals surface area contributed by atoms with Crippen LogP contribution < -0.4 is 10.6 Å². The fourth-order valence-electron chi connectivity index (χ4n) is 4.79. The van der Waals surface area contributed by atoms with E-state index in [0.717, 1.165) is 44.8 Å². The van der Waals surface area contributed by atoms with E-state index in [1.807, 2.05) is 45.2 Å². The monoisotopic (exact) mass is 530 g/mol. The molecule has 39 heavy (non-hydrogen) atoms. The molecule has 0 unspecified atom stereocenters.